The number of thiazole rings is 2. The zero-order chi connectivity index (χ0) is 15.8. The Morgan fingerprint density at radius 2 is 1.43 bits per heavy atom. The standard InChI is InChI=1S/C16H7N5S2/c17-7-9-2-4-13-12(5-9)20-16(22-13)21-15-19-11-3-1-10(8-18)6-14(11)23-15/h1-6H,(H,19,20,21). The van der Waals surface area contributed by atoms with E-state index in [0.717, 1.165) is 30.7 Å². The molecule has 2 heterocycles. The number of hydrogen-bond acceptors (Lipinski definition) is 7. The molecule has 0 aliphatic carbocycles. The molecule has 0 saturated heterocycles. The number of rotatable bonds is 2. The quantitative estimate of drug-likeness (QED) is 0.588. The second-order valence-electron chi connectivity index (χ2n) is 4.75. The highest BCUT2D eigenvalue weighted by atomic mass is 32.1. The van der Waals surface area contributed by atoms with Crippen molar-refractivity contribution < 1.29 is 0 Å². The number of nitrogens with zero attached hydrogens (tertiary/aromatic N) is 4. The first kappa shape index (κ1) is 13.6. The van der Waals surface area contributed by atoms with Gasteiger partial charge in [-0.15, -0.1) is 0 Å². The lowest BCUT2D eigenvalue weighted by atomic mass is 10.2. The number of anilines is 2. The largest absolute Gasteiger partial charge is 0.307 e. The molecule has 2 aromatic carbocycles. The van der Waals surface area contributed by atoms with Gasteiger partial charge in [-0.2, -0.15) is 10.5 Å². The van der Waals surface area contributed by atoms with Gasteiger partial charge < -0.3 is 5.32 Å². The predicted octanol–water partition coefficient (Wildman–Crippen LogP) is 4.39. The van der Waals surface area contributed by atoms with Crippen molar-refractivity contribution in [2.45, 2.75) is 0 Å². The second kappa shape index (κ2) is 5.33. The minimum Gasteiger partial charge on any atom is -0.307 e. The van der Waals surface area contributed by atoms with Crippen LogP contribution in [0.4, 0.5) is 10.3 Å². The van der Waals surface area contributed by atoms with Crippen LogP contribution < -0.4 is 5.32 Å². The number of benzene rings is 2. The Morgan fingerprint density at radius 1 is 0.783 bits per heavy atom. The molecule has 0 aliphatic heterocycles. The van der Waals surface area contributed by atoms with E-state index in [1.54, 1.807) is 18.2 Å². The second-order valence-corrected chi connectivity index (χ2v) is 6.81. The van der Waals surface area contributed by atoms with Crippen LogP contribution in [0.2, 0.25) is 0 Å². The third-order valence-corrected chi connectivity index (χ3v) is 5.13. The van der Waals surface area contributed by atoms with E-state index in [4.69, 9.17) is 10.5 Å². The van der Waals surface area contributed by atoms with Gasteiger partial charge in [0.25, 0.3) is 0 Å². The van der Waals surface area contributed by atoms with E-state index in [0.29, 0.717) is 11.1 Å². The van der Waals surface area contributed by atoms with Crippen molar-refractivity contribution in [3.05, 3.63) is 47.5 Å². The molecule has 108 valence electrons. The summed E-state index contributed by atoms with van der Waals surface area (Å²) in [6.45, 7) is 0. The Balaban J connectivity index is 1.70. The van der Waals surface area contributed by atoms with Crippen molar-refractivity contribution >= 4 is 53.4 Å². The summed E-state index contributed by atoms with van der Waals surface area (Å²) in [7, 11) is 0. The van der Waals surface area contributed by atoms with Crippen LogP contribution in [0.25, 0.3) is 20.4 Å². The molecular weight excluding hydrogens is 326 g/mol. The summed E-state index contributed by atoms with van der Waals surface area (Å²) in [5.74, 6) is 0. The lowest BCUT2D eigenvalue weighted by molar-refractivity contribution is 1.40. The zero-order valence-electron chi connectivity index (χ0n) is 11.6. The highest BCUT2D eigenvalue weighted by molar-refractivity contribution is 7.24. The first-order valence-electron chi connectivity index (χ1n) is 6.63. The van der Waals surface area contributed by atoms with Gasteiger partial charge in [0.2, 0.25) is 0 Å². The summed E-state index contributed by atoms with van der Waals surface area (Å²) < 4.78 is 1.97. The Labute approximate surface area is 139 Å². The van der Waals surface area contributed by atoms with Crippen molar-refractivity contribution in [3.63, 3.8) is 0 Å². The number of aromatic nitrogens is 2. The summed E-state index contributed by atoms with van der Waals surface area (Å²) in [6.07, 6.45) is 0. The maximum atomic E-state index is 8.95. The Bertz CT molecular complexity index is 1040. The molecule has 0 bridgehead atoms. The van der Waals surface area contributed by atoms with Gasteiger partial charge in [0.15, 0.2) is 10.3 Å². The monoisotopic (exact) mass is 333 g/mol. The van der Waals surface area contributed by atoms with Gasteiger partial charge in [-0.05, 0) is 36.4 Å². The maximum Gasteiger partial charge on any atom is 0.190 e. The molecule has 2 aromatic heterocycles. The van der Waals surface area contributed by atoms with Crippen molar-refractivity contribution in [2.75, 3.05) is 5.32 Å². The molecule has 0 amide bonds. The molecule has 23 heavy (non-hydrogen) atoms. The van der Waals surface area contributed by atoms with Crippen molar-refractivity contribution in [2.24, 2.45) is 0 Å². The van der Waals surface area contributed by atoms with Crippen LogP contribution in [0.3, 0.4) is 0 Å². The van der Waals surface area contributed by atoms with E-state index in [1.165, 1.54) is 22.7 Å². The van der Waals surface area contributed by atoms with Gasteiger partial charge in [-0.1, -0.05) is 22.7 Å². The van der Waals surface area contributed by atoms with Gasteiger partial charge in [-0.25, -0.2) is 9.97 Å². The number of hydrogen-bond donors (Lipinski definition) is 1. The molecule has 0 fully saturated rings. The van der Waals surface area contributed by atoms with E-state index in [-0.39, 0.29) is 0 Å². The van der Waals surface area contributed by atoms with Gasteiger partial charge in [-0.3, -0.25) is 0 Å². The van der Waals surface area contributed by atoms with E-state index in [2.05, 4.69) is 27.4 Å². The van der Waals surface area contributed by atoms with Crippen LogP contribution in [0, 0.1) is 22.7 Å². The fourth-order valence-corrected chi connectivity index (χ4v) is 4.00. The van der Waals surface area contributed by atoms with E-state index in [9.17, 15) is 0 Å². The van der Waals surface area contributed by atoms with Gasteiger partial charge in [0, 0.05) is 0 Å². The third kappa shape index (κ3) is 2.49. The molecule has 5 nitrogen and oxygen atoms in total. The molecule has 0 saturated carbocycles. The number of nitrogens with one attached hydrogen (secondary N) is 1. The maximum absolute atomic E-state index is 8.95. The SMILES string of the molecule is N#Cc1ccc2sc(Nc3nc4ccc(C#N)cc4s3)nc2c1. The lowest BCUT2D eigenvalue weighted by Gasteiger charge is -1.93. The lowest BCUT2D eigenvalue weighted by Crippen LogP contribution is -1.87. The van der Waals surface area contributed by atoms with Crippen LogP contribution in [0.15, 0.2) is 36.4 Å². The Morgan fingerprint density at radius 3 is 2.22 bits per heavy atom. The third-order valence-electron chi connectivity index (χ3n) is 3.25. The van der Waals surface area contributed by atoms with Crippen molar-refractivity contribution in [1.29, 1.82) is 10.5 Å². The van der Waals surface area contributed by atoms with Gasteiger partial charge >= 0.3 is 0 Å². The van der Waals surface area contributed by atoms with Crippen molar-refractivity contribution in [1.82, 2.24) is 9.97 Å². The number of fused-ring (bicyclic) bond motifs is 2. The van der Waals surface area contributed by atoms with Crippen LogP contribution in [0.5, 0.6) is 0 Å². The van der Waals surface area contributed by atoms with Crippen LogP contribution >= 0.6 is 22.7 Å². The van der Waals surface area contributed by atoms with E-state index < -0.39 is 0 Å². The Kier molecular flexibility index (Phi) is 3.16. The average molecular weight is 333 g/mol. The summed E-state index contributed by atoms with van der Waals surface area (Å²) in [4.78, 5) is 8.99. The zero-order valence-corrected chi connectivity index (χ0v) is 13.2. The predicted molar refractivity (Wildman–Crippen MR) is 92.0 cm³/mol. The highest BCUT2D eigenvalue weighted by Crippen LogP contribution is 2.32. The molecule has 0 radical (unpaired) electrons. The summed E-state index contributed by atoms with van der Waals surface area (Å²) >= 11 is 2.99. The first-order valence-corrected chi connectivity index (χ1v) is 8.27. The first-order chi connectivity index (χ1) is 11.2. The molecule has 7 heteroatoms. The number of nitriles is 2. The highest BCUT2D eigenvalue weighted by Gasteiger charge is 2.09. The fraction of sp³-hybridized carbons (Fsp3) is 0. The molecule has 0 unspecified atom stereocenters. The molecule has 0 atom stereocenters. The molecule has 0 aliphatic rings. The topological polar surface area (TPSA) is 85.4 Å². The fourth-order valence-electron chi connectivity index (χ4n) is 2.19. The summed E-state index contributed by atoms with van der Waals surface area (Å²) in [5, 5.41) is 22.6. The van der Waals surface area contributed by atoms with E-state index in [1.807, 2.05) is 18.2 Å². The molecule has 1 N–H and O–H groups in total. The van der Waals surface area contributed by atoms with Crippen LogP contribution in [0.1, 0.15) is 11.1 Å². The summed E-state index contributed by atoms with van der Waals surface area (Å²) in [6, 6.07) is 15.1. The van der Waals surface area contributed by atoms with Gasteiger partial charge in [0.1, 0.15) is 0 Å². The normalized spacial score (nSPS) is 10.5. The minimum absolute atomic E-state index is 0.596. The van der Waals surface area contributed by atoms with E-state index >= 15 is 0 Å². The molecule has 4 aromatic rings. The Hall–Kier alpha value is -3.00. The van der Waals surface area contributed by atoms with Crippen LogP contribution in [-0.4, -0.2) is 9.97 Å². The van der Waals surface area contributed by atoms with Crippen LogP contribution in [-0.2, 0) is 0 Å². The molecule has 0 spiro atoms. The molecule has 4 rings (SSSR count). The minimum atomic E-state index is 0.596. The average Bonchev–Trinajstić information content (AvgIpc) is 3.15. The smallest absolute Gasteiger partial charge is 0.190 e. The van der Waals surface area contributed by atoms with Gasteiger partial charge in [0.05, 0.1) is 43.7 Å². The molecular formula is C16H7N5S2. The summed E-state index contributed by atoms with van der Waals surface area (Å²) in [5.41, 5.74) is 2.86. The van der Waals surface area contributed by atoms with Crippen molar-refractivity contribution in [3.8, 4) is 12.1 Å².